The van der Waals surface area contributed by atoms with E-state index in [2.05, 4.69) is 20.9 Å². The Bertz CT molecular complexity index is 242. The van der Waals surface area contributed by atoms with Gasteiger partial charge in [0.2, 0.25) is 0 Å². The average Bonchev–Trinajstić information content (AvgIpc) is 1.85. The molecule has 0 aliphatic rings. The van der Waals surface area contributed by atoms with E-state index in [9.17, 15) is 8.78 Å². The number of aryl methyl sites for hydroxylation is 1. The summed E-state index contributed by atoms with van der Waals surface area (Å²) in [7, 11) is 0. The summed E-state index contributed by atoms with van der Waals surface area (Å²) in [5.74, 6) is 0. The van der Waals surface area contributed by atoms with E-state index in [1.54, 1.807) is 13.0 Å². The molecule has 0 saturated carbocycles. The minimum absolute atomic E-state index is 0.183. The van der Waals surface area contributed by atoms with E-state index in [0.717, 1.165) is 0 Å². The summed E-state index contributed by atoms with van der Waals surface area (Å²) < 4.78 is 24.7. The Labute approximate surface area is 71.6 Å². The van der Waals surface area contributed by atoms with Gasteiger partial charge in [-0.1, -0.05) is 15.9 Å². The Morgan fingerprint density at radius 1 is 1.45 bits per heavy atom. The first-order valence-electron chi connectivity index (χ1n) is 3.02. The van der Waals surface area contributed by atoms with Crippen molar-refractivity contribution < 1.29 is 8.78 Å². The number of halogens is 3. The Kier molecular flexibility index (Phi) is 2.54. The maximum atomic E-state index is 12.0. The molecule has 0 saturated heterocycles. The number of hydrogen-bond donors (Lipinski definition) is 0. The highest BCUT2D eigenvalue weighted by Gasteiger charge is 2.08. The predicted molar refractivity (Wildman–Crippen MR) is 41.6 cm³/mol. The van der Waals surface area contributed by atoms with Gasteiger partial charge in [-0.15, -0.1) is 0 Å². The van der Waals surface area contributed by atoms with Gasteiger partial charge in [-0.3, -0.25) is 4.98 Å². The molecule has 0 amide bonds. The normalized spacial score (nSPS) is 10.6. The van der Waals surface area contributed by atoms with Crippen molar-refractivity contribution in [1.82, 2.24) is 4.98 Å². The van der Waals surface area contributed by atoms with E-state index < -0.39 is 6.43 Å². The minimum atomic E-state index is -2.49. The summed E-state index contributed by atoms with van der Waals surface area (Å²) in [5, 5.41) is 0. The highest BCUT2D eigenvalue weighted by molar-refractivity contribution is 9.10. The van der Waals surface area contributed by atoms with Crippen LogP contribution in [0.15, 0.2) is 16.6 Å². The lowest BCUT2D eigenvalue weighted by Crippen LogP contribution is -1.91. The summed E-state index contributed by atoms with van der Waals surface area (Å²) in [6.07, 6.45) is -2.49. The highest BCUT2D eigenvalue weighted by atomic mass is 79.9. The molecule has 0 bridgehead atoms. The number of hydrogen-bond acceptors (Lipinski definition) is 1. The maximum absolute atomic E-state index is 12.0. The molecule has 0 N–H and O–H groups in total. The number of rotatable bonds is 1. The molecule has 1 heterocycles. The third-order valence-corrected chi connectivity index (χ3v) is 1.62. The van der Waals surface area contributed by atoms with Crippen LogP contribution in [0, 0.1) is 6.92 Å². The van der Waals surface area contributed by atoms with Crippen LogP contribution < -0.4 is 0 Å². The van der Waals surface area contributed by atoms with Crippen LogP contribution in [0.5, 0.6) is 0 Å². The van der Waals surface area contributed by atoms with Crippen LogP contribution in [-0.4, -0.2) is 4.98 Å². The molecule has 0 unspecified atom stereocenters. The fraction of sp³-hybridized carbons (Fsp3) is 0.286. The van der Waals surface area contributed by atoms with Crippen LogP contribution in [-0.2, 0) is 0 Å². The van der Waals surface area contributed by atoms with E-state index in [1.165, 1.54) is 6.07 Å². The molecular weight excluding hydrogens is 216 g/mol. The van der Waals surface area contributed by atoms with Crippen molar-refractivity contribution in [3.63, 3.8) is 0 Å². The molecule has 0 aliphatic heterocycles. The standard InChI is InChI=1S/C7H6BrF2N/c1-4-2-5(8)3-6(11-4)7(9)10/h2-3,7H,1H3. The van der Waals surface area contributed by atoms with Crippen LogP contribution in [0.25, 0.3) is 0 Å². The lowest BCUT2D eigenvalue weighted by Gasteiger charge is -2.00. The quantitative estimate of drug-likeness (QED) is 0.711. The zero-order chi connectivity index (χ0) is 8.43. The second-order valence-electron chi connectivity index (χ2n) is 2.15. The molecule has 11 heavy (non-hydrogen) atoms. The summed E-state index contributed by atoms with van der Waals surface area (Å²) in [6, 6.07) is 3.00. The van der Waals surface area contributed by atoms with E-state index in [0.29, 0.717) is 10.2 Å². The predicted octanol–water partition coefficient (Wildman–Crippen LogP) is 3.09. The topological polar surface area (TPSA) is 12.9 Å². The third-order valence-electron chi connectivity index (χ3n) is 1.16. The molecule has 0 radical (unpaired) electrons. The van der Waals surface area contributed by atoms with Gasteiger partial charge in [-0.25, -0.2) is 8.78 Å². The molecule has 4 heteroatoms. The average molecular weight is 222 g/mol. The zero-order valence-electron chi connectivity index (χ0n) is 5.81. The van der Waals surface area contributed by atoms with E-state index >= 15 is 0 Å². The van der Waals surface area contributed by atoms with Crippen molar-refractivity contribution in [2.24, 2.45) is 0 Å². The molecular formula is C7H6BrF2N. The Morgan fingerprint density at radius 2 is 2.09 bits per heavy atom. The Hall–Kier alpha value is -0.510. The largest absolute Gasteiger partial charge is 0.280 e. The summed E-state index contributed by atoms with van der Waals surface area (Å²) in [4.78, 5) is 3.65. The van der Waals surface area contributed by atoms with Gasteiger partial charge in [-0.2, -0.15) is 0 Å². The van der Waals surface area contributed by atoms with Crippen molar-refractivity contribution in [2.45, 2.75) is 13.3 Å². The summed E-state index contributed by atoms with van der Waals surface area (Å²) >= 11 is 3.11. The van der Waals surface area contributed by atoms with Gasteiger partial charge in [0, 0.05) is 10.2 Å². The number of nitrogens with zero attached hydrogens (tertiary/aromatic N) is 1. The minimum Gasteiger partial charge on any atom is -0.252 e. The summed E-state index contributed by atoms with van der Waals surface area (Å²) in [5.41, 5.74) is 0.409. The molecule has 0 fully saturated rings. The first kappa shape index (κ1) is 8.59. The Morgan fingerprint density at radius 3 is 2.55 bits per heavy atom. The molecule has 0 aromatic carbocycles. The van der Waals surface area contributed by atoms with E-state index in [4.69, 9.17) is 0 Å². The van der Waals surface area contributed by atoms with Crippen molar-refractivity contribution in [3.8, 4) is 0 Å². The fourth-order valence-corrected chi connectivity index (χ4v) is 1.33. The van der Waals surface area contributed by atoms with Gasteiger partial charge in [0.15, 0.2) is 0 Å². The van der Waals surface area contributed by atoms with Crippen LogP contribution in [0.3, 0.4) is 0 Å². The Balaban J connectivity index is 3.08. The first-order chi connectivity index (χ1) is 5.09. The van der Waals surface area contributed by atoms with Gasteiger partial charge in [0.25, 0.3) is 6.43 Å². The SMILES string of the molecule is Cc1cc(Br)cc(C(F)F)n1. The van der Waals surface area contributed by atoms with Crippen molar-refractivity contribution in [3.05, 3.63) is 28.0 Å². The van der Waals surface area contributed by atoms with Crippen LogP contribution in [0.1, 0.15) is 17.8 Å². The van der Waals surface area contributed by atoms with Crippen molar-refractivity contribution in [1.29, 1.82) is 0 Å². The zero-order valence-corrected chi connectivity index (χ0v) is 7.40. The first-order valence-corrected chi connectivity index (χ1v) is 3.81. The molecule has 1 aromatic heterocycles. The molecule has 0 aliphatic carbocycles. The molecule has 1 aromatic rings. The van der Waals surface area contributed by atoms with E-state index in [-0.39, 0.29) is 5.69 Å². The second-order valence-corrected chi connectivity index (χ2v) is 3.07. The molecule has 0 atom stereocenters. The van der Waals surface area contributed by atoms with E-state index in [1.807, 2.05) is 0 Å². The van der Waals surface area contributed by atoms with Crippen LogP contribution in [0.4, 0.5) is 8.78 Å². The number of pyridine rings is 1. The highest BCUT2D eigenvalue weighted by Crippen LogP contribution is 2.20. The van der Waals surface area contributed by atoms with Crippen molar-refractivity contribution in [2.75, 3.05) is 0 Å². The third kappa shape index (κ3) is 2.22. The van der Waals surface area contributed by atoms with Gasteiger partial charge in [0.05, 0.1) is 0 Å². The molecule has 60 valence electrons. The van der Waals surface area contributed by atoms with Crippen LogP contribution >= 0.6 is 15.9 Å². The second kappa shape index (κ2) is 3.26. The molecule has 0 spiro atoms. The number of alkyl halides is 2. The lowest BCUT2D eigenvalue weighted by molar-refractivity contribution is 0.146. The molecule has 1 rings (SSSR count). The molecule has 1 nitrogen and oxygen atoms in total. The van der Waals surface area contributed by atoms with Gasteiger partial charge in [-0.05, 0) is 19.1 Å². The van der Waals surface area contributed by atoms with Gasteiger partial charge < -0.3 is 0 Å². The summed E-state index contributed by atoms with van der Waals surface area (Å²) in [6.45, 7) is 1.68. The maximum Gasteiger partial charge on any atom is 0.280 e. The fourth-order valence-electron chi connectivity index (χ4n) is 0.762. The van der Waals surface area contributed by atoms with Gasteiger partial charge >= 0.3 is 0 Å². The van der Waals surface area contributed by atoms with Crippen molar-refractivity contribution >= 4 is 15.9 Å². The lowest BCUT2D eigenvalue weighted by atomic mass is 10.3. The smallest absolute Gasteiger partial charge is 0.252 e. The monoisotopic (exact) mass is 221 g/mol. The van der Waals surface area contributed by atoms with Crippen LogP contribution in [0.2, 0.25) is 0 Å². The number of aromatic nitrogens is 1. The van der Waals surface area contributed by atoms with Gasteiger partial charge in [0.1, 0.15) is 5.69 Å².